The first-order valence-corrected chi connectivity index (χ1v) is 10.9. The Labute approximate surface area is 182 Å². The Morgan fingerprint density at radius 3 is 1.45 bits per heavy atom. The van der Waals surface area contributed by atoms with Gasteiger partial charge in [0, 0.05) is 12.8 Å². The molecule has 4 aromatic carbocycles. The van der Waals surface area contributed by atoms with E-state index in [-0.39, 0.29) is 0 Å². The molecular formula is C28H25N3. The fraction of sp³-hybridized carbons (Fsp3) is 0.179. The van der Waals surface area contributed by atoms with Crippen LogP contribution >= 0.6 is 0 Å². The topological polar surface area (TPSA) is 38.7 Å². The lowest BCUT2D eigenvalue weighted by molar-refractivity contribution is 0.753. The van der Waals surface area contributed by atoms with Crippen molar-refractivity contribution in [3.05, 3.63) is 114 Å². The summed E-state index contributed by atoms with van der Waals surface area (Å²) in [6, 6.07) is 30.1. The molecule has 0 aliphatic carbocycles. The smallest absolute Gasteiger partial charge is 0.132 e. The predicted molar refractivity (Wildman–Crippen MR) is 127 cm³/mol. The van der Waals surface area contributed by atoms with Gasteiger partial charge in [-0.05, 0) is 52.4 Å². The van der Waals surface area contributed by atoms with Crippen LogP contribution in [0.15, 0.2) is 84.9 Å². The molecule has 0 unspecified atom stereocenters. The lowest BCUT2D eigenvalue weighted by Crippen LogP contribution is -2.08. The minimum absolute atomic E-state index is 0.802. The number of aromatic nitrogens is 3. The number of nitrogens with zero attached hydrogens (tertiary/aromatic N) is 3. The van der Waals surface area contributed by atoms with Gasteiger partial charge in [0.15, 0.2) is 0 Å². The summed E-state index contributed by atoms with van der Waals surface area (Å²) in [4.78, 5) is 14.0. The van der Waals surface area contributed by atoms with E-state index < -0.39 is 0 Å². The van der Waals surface area contributed by atoms with Crippen LogP contribution in [0.3, 0.4) is 0 Å². The molecule has 0 atom stereocenters. The zero-order valence-corrected chi connectivity index (χ0v) is 17.8. The van der Waals surface area contributed by atoms with Gasteiger partial charge in [-0.3, -0.25) is 0 Å². The monoisotopic (exact) mass is 403 g/mol. The third kappa shape index (κ3) is 4.31. The Kier molecular flexibility index (Phi) is 5.40. The second kappa shape index (κ2) is 8.65. The predicted octanol–water partition coefficient (Wildman–Crippen LogP) is 6.06. The van der Waals surface area contributed by atoms with Crippen LogP contribution in [0.5, 0.6) is 0 Å². The van der Waals surface area contributed by atoms with Crippen LogP contribution in [0.1, 0.15) is 28.6 Å². The number of hydrogen-bond donors (Lipinski definition) is 0. The number of hydrogen-bond acceptors (Lipinski definition) is 3. The number of rotatable bonds is 6. The Balaban J connectivity index is 1.33. The quantitative estimate of drug-likeness (QED) is 0.346. The Bertz CT molecular complexity index is 1250. The molecule has 31 heavy (non-hydrogen) atoms. The van der Waals surface area contributed by atoms with E-state index in [9.17, 15) is 0 Å². The first-order chi connectivity index (χ1) is 15.3. The van der Waals surface area contributed by atoms with E-state index in [0.29, 0.717) is 0 Å². The standard InChI is InChI=1S/C28H25N3/c1-20-29-27(18-16-23-12-6-10-21-8-2-4-14-25(21)23)31-28(30-20)19-17-24-13-7-11-22-9-3-5-15-26(22)24/h2-15H,16-19H2,1H3. The molecule has 0 saturated heterocycles. The molecule has 152 valence electrons. The Hall–Kier alpha value is -3.59. The summed E-state index contributed by atoms with van der Waals surface area (Å²) in [6.45, 7) is 1.96. The third-order valence-electron chi connectivity index (χ3n) is 5.84. The summed E-state index contributed by atoms with van der Waals surface area (Å²) in [5, 5.41) is 5.18. The fourth-order valence-corrected chi connectivity index (χ4v) is 4.34. The minimum Gasteiger partial charge on any atom is -0.218 e. The van der Waals surface area contributed by atoms with Gasteiger partial charge in [-0.2, -0.15) is 0 Å². The lowest BCUT2D eigenvalue weighted by atomic mass is 10.0. The van der Waals surface area contributed by atoms with Crippen LogP contribution in [0.4, 0.5) is 0 Å². The van der Waals surface area contributed by atoms with E-state index in [2.05, 4.69) is 94.9 Å². The van der Waals surface area contributed by atoms with Crippen molar-refractivity contribution in [3.63, 3.8) is 0 Å². The highest BCUT2D eigenvalue weighted by Crippen LogP contribution is 2.21. The third-order valence-corrected chi connectivity index (χ3v) is 5.84. The van der Waals surface area contributed by atoms with Gasteiger partial charge < -0.3 is 0 Å². The van der Waals surface area contributed by atoms with Crippen LogP contribution in [0.25, 0.3) is 21.5 Å². The summed E-state index contributed by atoms with van der Waals surface area (Å²) in [5.41, 5.74) is 2.68. The van der Waals surface area contributed by atoms with E-state index in [4.69, 9.17) is 4.98 Å². The van der Waals surface area contributed by atoms with Crippen LogP contribution in [-0.2, 0) is 25.7 Å². The molecule has 5 aromatic rings. The van der Waals surface area contributed by atoms with Crippen molar-refractivity contribution in [2.75, 3.05) is 0 Å². The molecule has 5 rings (SSSR count). The van der Waals surface area contributed by atoms with Gasteiger partial charge >= 0.3 is 0 Å². The zero-order chi connectivity index (χ0) is 21.0. The van der Waals surface area contributed by atoms with Crippen LogP contribution in [0.2, 0.25) is 0 Å². The number of aryl methyl sites for hydroxylation is 5. The van der Waals surface area contributed by atoms with Gasteiger partial charge in [0.25, 0.3) is 0 Å². The zero-order valence-electron chi connectivity index (χ0n) is 17.8. The molecule has 0 aliphatic rings. The van der Waals surface area contributed by atoms with E-state index in [1.165, 1.54) is 32.7 Å². The highest BCUT2D eigenvalue weighted by Gasteiger charge is 2.08. The van der Waals surface area contributed by atoms with Crippen LogP contribution in [-0.4, -0.2) is 15.0 Å². The molecule has 0 aliphatic heterocycles. The molecular weight excluding hydrogens is 378 g/mol. The average molecular weight is 404 g/mol. The molecule has 0 saturated carbocycles. The SMILES string of the molecule is Cc1nc(CCc2cccc3ccccc23)nc(CCc2cccc3ccccc23)n1. The summed E-state index contributed by atoms with van der Waals surface area (Å²) in [6.07, 6.45) is 3.48. The molecule has 3 nitrogen and oxygen atoms in total. The molecule has 0 spiro atoms. The summed E-state index contributed by atoms with van der Waals surface area (Å²) in [5.74, 6) is 2.57. The van der Waals surface area contributed by atoms with Crippen molar-refractivity contribution >= 4 is 21.5 Å². The number of benzene rings is 4. The normalized spacial score (nSPS) is 11.3. The second-order valence-electron chi connectivity index (χ2n) is 7.99. The van der Waals surface area contributed by atoms with Gasteiger partial charge in [0.05, 0.1) is 0 Å². The highest BCUT2D eigenvalue weighted by molar-refractivity contribution is 5.86. The van der Waals surface area contributed by atoms with Crippen molar-refractivity contribution in [2.24, 2.45) is 0 Å². The van der Waals surface area contributed by atoms with Gasteiger partial charge in [-0.25, -0.2) is 15.0 Å². The molecule has 0 N–H and O–H groups in total. The molecule has 0 bridgehead atoms. The maximum Gasteiger partial charge on any atom is 0.132 e. The largest absolute Gasteiger partial charge is 0.218 e. The number of fused-ring (bicyclic) bond motifs is 2. The van der Waals surface area contributed by atoms with Gasteiger partial charge in [0.2, 0.25) is 0 Å². The van der Waals surface area contributed by atoms with E-state index >= 15 is 0 Å². The molecule has 0 amide bonds. The van der Waals surface area contributed by atoms with Gasteiger partial charge in [-0.1, -0.05) is 84.9 Å². The Morgan fingerprint density at radius 1 is 0.484 bits per heavy atom. The first-order valence-electron chi connectivity index (χ1n) is 10.9. The van der Waals surface area contributed by atoms with E-state index in [0.717, 1.165) is 43.2 Å². The van der Waals surface area contributed by atoms with Crippen molar-refractivity contribution in [1.82, 2.24) is 15.0 Å². The van der Waals surface area contributed by atoms with E-state index in [1.54, 1.807) is 0 Å². The van der Waals surface area contributed by atoms with Gasteiger partial charge in [0.1, 0.15) is 17.5 Å². The fourth-order valence-electron chi connectivity index (χ4n) is 4.34. The van der Waals surface area contributed by atoms with Crippen molar-refractivity contribution in [1.29, 1.82) is 0 Å². The van der Waals surface area contributed by atoms with Crippen molar-refractivity contribution < 1.29 is 0 Å². The summed E-state index contributed by atoms with van der Waals surface area (Å²) in [7, 11) is 0. The minimum atomic E-state index is 0.802. The molecule has 0 radical (unpaired) electrons. The molecule has 3 heteroatoms. The van der Waals surface area contributed by atoms with Crippen molar-refractivity contribution in [2.45, 2.75) is 32.6 Å². The maximum atomic E-state index is 4.80. The lowest BCUT2D eigenvalue weighted by Gasteiger charge is -2.09. The maximum absolute atomic E-state index is 4.80. The van der Waals surface area contributed by atoms with Crippen LogP contribution in [0, 0.1) is 6.92 Å². The summed E-state index contributed by atoms with van der Waals surface area (Å²) >= 11 is 0. The highest BCUT2D eigenvalue weighted by atomic mass is 15.0. The summed E-state index contributed by atoms with van der Waals surface area (Å²) < 4.78 is 0. The first kappa shape index (κ1) is 19.4. The van der Waals surface area contributed by atoms with Crippen molar-refractivity contribution in [3.8, 4) is 0 Å². The van der Waals surface area contributed by atoms with Crippen LogP contribution < -0.4 is 0 Å². The average Bonchev–Trinajstić information content (AvgIpc) is 2.81. The molecule has 0 fully saturated rings. The Morgan fingerprint density at radius 2 is 0.935 bits per heavy atom. The molecule has 1 heterocycles. The van der Waals surface area contributed by atoms with E-state index in [1.807, 2.05) is 6.92 Å². The molecule has 1 aromatic heterocycles. The van der Waals surface area contributed by atoms with Gasteiger partial charge in [-0.15, -0.1) is 0 Å². The second-order valence-corrected chi connectivity index (χ2v) is 7.99.